The van der Waals surface area contributed by atoms with Crippen molar-refractivity contribution in [3.05, 3.63) is 53.9 Å². The third kappa shape index (κ3) is 3.64. The molecule has 2 aromatic rings. The molecule has 1 aromatic heterocycles. The molecule has 0 aliphatic carbocycles. The molecule has 0 spiro atoms. The number of hydrogen-bond acceptors (Lipinski definition) is 3. The molecule has 1 aliphatic rings. The molecule has 2 heterocycles. The first-order valence-electron chi connectivity index (χ1n) is 8.25. The number of hydrogen-bond donors (Lipinski definition) is 1. The van der Waals surface area contributed by atoms with Crippen molar-refractivity contribution in [3.63, 3.8) is 0 Å². The lowest BCUT2D eigenvalue weighted by molar-refractivity contribution is -0.137. The van der Waals surface area contributed by atoms with Gasteiger partial charge in [0.25, 0.3) is 5.91 Å². The van der Waals surface area contributed by atoms with E-state index in [-0.39, 0.29) is 24.9 Å². The van der Waals surface area contributed by atoms with Crippen molar-refractivity contribution in [2.45, 2.75) is 38.3 Å². The zero-order valence-corrected chi connectivity index (χ0v) is 13.5. The quantitative estimate of drug-likeness (QED) is 0.916. The molecule has 3 rings (SSSR count). The van der Waals surface area contributed by atoms with Gasteiger partial charge in [-0.05, 0) is 24.8 Å². The van der Waals surface area contributed by atoms with Gasteiger partial charge in [0.15, 0.2) is 0 Å². The van der Waals surface area contributed by atoms with Crippen LogP contribution in [0.15, 0.2) is 42.7 Å². The van der Waals surface area contributed by atoms with Crippen LogP contribution in [-0.4, -0.2) is 38.2 Å². The van der Waals surface area contributed by atoms with Gasteiger partial charge in [-0.3, -0.25) is 14.3 Å². The first-order chi connectivity index (χ1) is 11.6. The second-order valence-corrected chi connectivity index (χ2v) is 6.06. The first-order valence-corrected chi connectivity index (χ1v) is 8.25. The fourth-order valence-corrected chi connectivity index (χ4v) is 3.17. The minimum Gasteiger partial charge on any atom is -0.481 e. The van der Waals surface area contributed by atoms with Crippen LogP contribution < -0.4 is 0 Å². The molecular weight excluding hydrogens is 306 g/mol. The van der Waals surface area contributed by atoms with Crippen molar-refractivity contribution >= 4 is 11.9 Å². The number of likely N-dealkylation sites (tertiary alicyclic amines) is 1. The number of carboxylic acid groups (broad SMARTS) is 1. The predicted molar refractivity (Wildman–Crippen MR) is 88.6 cm³/mol. The normalized spacial score (nSPS) is 17.7. The largest absolute Gasteiger partial charge is 0.481 e. The smallest absolute Gasteiger partial charge is 0.305 e. The summed E-state index contributed by atoms with van der Waals surface area (Å²) in [5, 5.41) is 12.8. The lowest BCUT2D eigenvalue weighted by Crippen LogP contribution is -2.38. The van der Waals surface area contributed by atoms with E-state index in [2.05, 4.69) is 17.2 Å². The monoisotopic (exact) mass is 327 g/mol. The van der Waals surface area contributed by atoms with Crippen molar-refractivity contribution in [1.82, 2.24) is 14.7 Å². The number of piperidine rings is 1. The molecule has 0 radical (unpaired) electrons. The molecule has 1 fully saturated rings. The van der Waals surface area contributed by atoms with Gasteiger partial charge < -0.3 is 10.0 Å². The summed E-state index contributed by atoms with van der Waals surface area (Å²) < 4.78 is 1.52. The first kappa shape index (κ1) is 16.2. The van der Waals surface area contributed by atoms with Crippen LogP contribution in [0.1, 0.15) is 47.6 Å². The van der Waals surface area contributed by atoms with Crippen LogP contribution in [0.2, 0.25) is 0 Å². The van der Waals surface area contributed by atoms with Crippen LogP contribution in [0.25, 0.3) is 0 Å². The van der Waals surface area contributed by atoms with Crippen LogP contribution in [0.4, 0.5) is 0 Å². The number of aromatic nitrogens is 2. The van der Waals surface area contributed by atoms with Gasteiger partial charge in [-0.1, -0.05) is 30.3 Å². The number of rotatable bonds is 5. The number of benzene rings is 1. The Bertz CT molecular complexity index is 711. The molecule has 0 saturated carbocycles. The minimum atomic E-state index is -0.876. The Kier molecular flexibility index (Phi) is 4.93. The van der Waals surface area contributed by atoms with E-state index in [4.69, 9.17) is 5.11 Å². The maximum atomic E-state index is 12.9. The van der Waals surface area contributed by atoms with Crippen LogP contribution in [0, 0.1) is 0 Å². The Balaban J connectivity index is 1.76. The van der Waals surface area contributed by atoms with E-state index in [9.17, 15) is 9.59 Å². The van der Waals surface area contributed by atoms with E-state index in [1.54, 1.807) is 6.20 Å². The average molecular weight is 327 g/mol. The van der Waals surface area contributed by atoms with Gasteiger partial charge in [-0.15, -0.1) is 0 Å². The summed E-state index contributed by atoms with van der Waals surface area (Å²) in [6.07, 6.45) is 6.24. The third-order valence-electron chi connectivity index (χ3n) is 4.38. The van der Waals surface area contributed by atoms with Gasteiger partial charge >= 0.3 is 5.97 Å². The molecule has 1 unspecified atom stereocenters. The Morgan fingerprint density at radius 2 is 2.00 bits per heavy atom. The number of carboxylic acids is 1. The van der Waals surface area contributed by atoms with Gasteiger partial charge in [-0.25, -0.2) is 0 Å². The van der Waals surface area contributed by atoms with Gasteiger partial charge in [0, 0.05) is 12.7 Å². The predicted octanol–water partition coefficient (Wildman–Crippen LogP) is 2.73. The van der Waals surface area contributed by atoms with E-state index < -0.39 is 5.97 Å². The summed E-state index contributed by atoms with van der Waals surface area (Å²) in [6, 6.07) is 10.2. The van der Waals surface area contributed by atoms with E-state index >= 15 is 0 Å². The summed E-state index contributed by atoms with van der Waals surface area (Å²) in [7, 11) is 0. The SMILES string of the molecule is O=C(O)CCn1cc(C(=O)N2CCCCC2c2ccccc2)cn1. The van der Waals surface area contributed by atoms with Crippen LogP contribution in [-0.2, 0) is 11.3 Å². The van der Waals surface area contributed by atoms with Crippen molar-refractivity contribution in [3.8, 4) is 0 Å². The molecule has 24 heavy (non-hydrogen) atoms. The number of amides is 1. The van der Waals surface area contributed by atoms with Crippen LogP contribution >= 0.6 is 0 Å². The average Bonchev–Trinajstić information content (AvgIpc) is 3.09. The summed E-state index contributed by atoms with van der Waals surface area (Å²) >= 11 is 0. The maximum Gasteiger partial charge on any atom is 0.305 e. The molecule has 1 aromatic carbocycles. The Morgan fingerprint density at radius 3 is 2.75 bits per heavy atom. The molecular formula is C18H21N3O3. The number of carbonyl (C=O) groups is 2. The minimum absolute atomic E-state index is 0.00827. The lowest BCUT2D eigenvalue weighted by atomic mass is 9.95. The highest BCUT2D eigenvalue weighted by atomic mass is 16.4. The fourth-order valence-electron chi connectivity index (χ4n) is 3.17. The van der Waals surface area contributed by atoms with E-state index in [0.717, 1.165) is 31.4 Å². The van der Waals surface area contributed by atoms with E-state index in [0.29, 0.717) is 5.56 Å². The number of carbonyl (C=O) groups excluding carboxylic acids is 1. The highest BCUT2D eigenvalue weighted by Crippen LogP contribution is 2.31. The standard InChI is InChI=1S/C18H21N3O3/c22-17(23)9-11-20-13-15(12-19-20)18(24)21-10-5-4-8-16(21)14-6-2-1-3-7-14/h1-3,6-7,12-13,16H,4-5,8-11H2,(H,22,23). The Morgan fingerprint density at radius 1 is 1.21 bits per heavy atom. The van der Waals surface area contributed by atoms with Gasteiger partial charge in [0.05, 0.1) is 30.8 Å². The van der Waals surface area contributed by atoms with Crippen molar-refractivity contribution in [2.75, 3.05) is 6.54 Å². The number of aryl methyl sites for hydroxylation is 1. The highest BCUT2D eigenvalue weighted by Gasteiger charge is 2.29. The molecule has 6 nitrogen and oxygen atoms in total. The molecule has 1 atom stereocenters. The van der Waals surface area contributed by atoms with Crippen molar-refractivity contribution in [2.24, 2.45) is 0 Å². The summed E-state index contributed by atoms with van der Waals surface area (Å²) in [5.41, 5.74) is 1.67. The second-order valence-electron chi connectivity index (χ2n) is 6.06. The van der Waals surface area contributed by atoms with Gasteiger partial charge in [-0.2, -0.15) is 5.10 Å². The number of aliphatic carboxylic acids is 1. The maximum absolute atomic E-state index is 12.9. The molecule has 6 heteroatoms. The van der Waals surface area contributed by atoms with E-state index in [1.165, 1.54) is 10.9 Å². The fraction of sp³-hybridized carbons (Fsp3) is 0.389. The lowest BCUT2D eigenvalue weighted by Gasteiger charge is -2.36. The van der Waals surface area contributed by atoms with E-state index in [1.807, 2.05) is 23.1 Å². The zero-order valence-electron chi connectivity index (χ0n) is 13.5. The zero-order chi connectivity index (χ0) is 16.9. The van der Waals surface area contributed by atoms with Crippen LogP contribution in [0.5, 0.6) is 0 Å². The second kappa shape index (κ2) is 7.29. The number of nitrogens with zero attached hydrogens (tertiary/aromatic N) is 3. The van der Waals surface area contributed by atoms with Crippen molar-refractivity contribution < 1.29 is 14.7 Å². The Hall–Kier alpha value is -2.63. The summed E-state index contributed by atoms with van der Waals surface area (Å²) in [6.45, 7) is 1.00. The van der Waals surface area contributed by atoms with Crippen molar-refractivity contribution in [1.29, 1.82) is 0 Å². The molecule has 0 bridgehead atoms. The summed E-state index contributed by atoms with van der Waals surface area (Å²) in [5.74, 6) is -0.913. The third-order valence-corrected chi connectivity index (χ3v) is 4.38. The molecule has 126 valence electrons. The summed E-state index contributed by atoms with van der Waals surface area (Å²) in [4.78, 5) is 25.4. The van der Waals surface area contributed by atoms with Crippen LogP contribution in [0.3, 0.4) is 0 Å². The highest BCUT2D eigenvalue weighted by molar-refractivity contribution is 5.94. The molecule has 1 amide bonds. The Labute approximate surface area is 140 Å². The molecule has 1 N–H and O–H groups in total. The van der Waals surface area contributed by atoms with Gasteiger partial charge in [0.1, 0.15) is 0 Å². The molecule has 1 saturated heterocycles. The van der Waals surface area contributed by atoms with Gasteiger partial charge in [0.2, 0.25) is 0 Å². The molecule has 1 aliphatic heterocycles. The topological polar surface area (TPSA) is 75.4 Å².